The standard InChI is InChI=1S/C20H22BrN5O2/c1-3-11(2)26(8-13-5-4-12(21)7-23-13)20(27)17-6-16-18(24-17)14-9-28-10-15(14)19(22)25-16/h4-7,11,24H,3,8-10H2,1-2H3,(H2,22,25)/t11-/m1/s1. The summed E-state index contributed by atoms with van der Waals surface area (Å²) in [6, 6.07) is 5.69. The molecule has 0 bridgehead atoms. The molecule has 0 unspecified atom stereocenters. The Hall–Kier alpha value is -2.45. The molecule has 0 aliphatic carbocycles. The molecule has 0 fully saturated rings. The highest BCUT2D eigenvalue weighted by atomic mass is 79.9. The number of H-pyrrole nitrogens is 1. The summed E-state index contributed by atoms with van der Waals surface area (Å²) in [6.07, 6.45) is 2.59. The van der Waals surface area contributed by atoms with E-state index in [0.717, 1.165) is 33.2 Å². The minimum absolute atomic E-state index is 0.0661. The molecule has 146 valence electrons. The fourth-order valence-electron chi connectivity index (χ4n) is 3.43. The first kappa shape index (κ1) is 18.9. The first-order chi connectivity index (χ1) is 13.5. The van der Waals surface area contributed by atoms with Crippen LogP contribution in [-0.2, 0) is 24.5 Å². The number of hydrogen-bond donors (Lipinski definition) is 2. The molecule has 8 heteroatoms. The number of nitrogens with zero attached hydrogens (tertiary/aromatic N) is 3. The van der Waals surface area contributed by atoms with Gasteiger partial charge in [-0.1, -0.05) is 6.92 Å². The van der Waals surface area contributed by atoms with Gasteiger partial charge >= 0.3 is 0 Å². The van der Waals surface area contributed by atoms with Gasteiger partial charge in [-0.25, -0.2) is 4.98 Å². The molecule has 0 saturated heterocycles. The van der Waals surface area contributed by atoms with Crippen LogP contribution < -0.4 is 5.73 Å². The van der Waals surface area contributed by atoms with Crippen molar-refractivity contribution in [3.8, 4) is 0 Å². The number of ether oxygens (including phenoxy) is 1. The van der Waals surface area contributed by atoms with E-state index in [0.29, 0.717) is 36.8 Å². The first-order valence-electron chi connectivity index (χ1n) is 9.27. The number of pyridine rings is 2. The molecule has 0 radical (unpaired) electrons. The molecule has 1 aliphatic heterocycles. The Kier molecular flexibility index (Phi) is 5.07. The number of rotatable bonds is 5. The largest absolute Gasteiger partial charge is 0.383 e. The summed E-state index contributed by atoms with van der Waals surface area (Å²) in [4.78, 5) is 27.3. The van der Waals surface area contributed by atoms with Crippen molar-refractivity contribution in [1.82, 2.24) is 19.9 Å². The maximum Gasteiger partial charge on any atom is 0.270 e. The van der Waals surface area contributed by atoms with Gasteiger partial charge in [-0.15, -0.1) is 0 Å². The van der Waals surface area contributed by atoms with Crippen LogP contribution in [0.3, 0.4) is 0 Å². The number of halogens is 1. The molecular weight excluding hydrogens is 422 g/mol. The second kappa shape index (κ2) is 7.52. The number of fused-ring (bicyclic) bond motifs is 3. The minimum Gasteiger partial charge on any atom is -0.383 e. The Labute approximate surface area is 171 Å². The molecular formula is C20H22BrN5O2. The number of carbonyl (C=O) groups excluding carboxylic acids is 1. The van der Waals surface area contributed by atoms with E-state index < -0.39 is 0 Å². The summed E-state index contributed by atoms with van der Waals surface area (Å²) in [5.74, 6) is 0.388. The third-order valence-electron chi connectivity index (χ3n) is 5.24. The van der Waals surface area contributed by atoms with Gasteiger partial charge in [-0.05, 0) is 47.5 Å². The molecule has 0 spiro atoms. The summed E-state index contributed by atoms with van der Waals surface area (Å²) in [7, 11) is 0. The lowest BCUT2D eigenvalue weighted by molar-refractivity contribution is 0.0663. The van der Waals surface area contributed by atoms with E-state index in [1.807, 2.05) is 24.0 Å². The van der Waals surface area contributed by atoms with Crippen LogP contribution >= 0.6 is 15.9 Å². The molecule has 0 saturated carbocycles. The van der Waals surface area contributed by atoms with Crippen molar-refractivity contribution in [2.75, 3.05) is 5.73 Å². The normalized spacial score (nSPS) is 14.2. The zero-order valence-corrected chi connectivity index (χ0v) is 17.4. The van der Waals surface area contributed by atoms with Crippen molar-refractivity contribution in [1.29, 1.82) is 0 Å². The smallest absolute Gasteiger partial charge is 0.270 e. The molecule has 3 aromatic rings. The van der Waals surface area contributed by atoms with Crippen LogP contribution in [0, 0.1) is 0 Å². The van der Waals surface area contributed by atoms with Crippen molar-refractivity contribution in [3.05, 3.63) is 51.4 Å². The number of nitrogens with one attached hydrogen (secondary N) is 1. The van der Waals surface area contributed by atoms with Gasteiger partial charge in [0, 0.05) is 27.8 Å². The van der Waals surface area contributed by atoms with Crippen LogP contribution in [0.4, 0.5) is 5.82 Å². The molecule has 3 aromatic heterocycles. The Morgan fingerprint density at radius 3 is 2.89 bits per heavy atom. The highest BCUT2D eigenvalue weighted by Crippen LogP contribution is 2.31. The number of aromatic nitrogens is 3. The highest BCUT2D eigenvalue weighted by molar-refractivity contribution is 9.10. The van der Waals surface area contributed by atoms with Crippen LogP contribution in [0.1, 0.15) is 47.6 Å². The van der Waals surface area contributed by atoms with E-state index in [9.17, 15) is 4.79 Å². The van der Waals surface area contributed by atoms with Crippen LogP contribution in [0.5, 0.6) is 0 Å². The van der Waals surface area contributed by atoms with Crippen molar-refractivity contribution in [2.24, 2.45) is 0 Å². The predicted molar refractivity (Wildman–Crippen MR) is 111 cm³/mol. The molecule has 1 aliphatic rings. The second-order valence-corrected chi connectivity index (χ2v) is 7.96. The first-order valence-corrected chi connectivity index (χ1v) is 10.1. The summed E-state index contributed by atoms with van der Waals surface area (Å²) in [6.45, 7) is 5.48. The summed E-state index contributed by atoms with van der Waals surface area (Å²) < 4.78 is 6.43. The van der Waals surface area contributed by atoms with Gasteiger partial charge < -0.3 is 20.4 Å². The molecule has 0 aromatic carbocycles. The maximum atomic E-state index is 13.3. The van der Waals surface area contributed by atoms with Gasteiger partial charge in [0.25, 0.3) is 5.91 Å². The Bertz CT molecular complexity index is 1030. The Morgan fingerprint density at radius 2 is 2.18 bits per heavy atom. The lowest BCUT2D eigenvalue weighted by Gasteiger charge is -2.28. The van der Waals surface area contributed by atoms with Crippen LogP contribution in [0.15, 0.2) is 28.9 Å². The van der Waals surface area contributed by atoms with Crippen molar-refractivity contribution < 1.29 is 9.53 Å². The predicted octanol–water partition coefficient (Wildman–Crippen LogP) is 3.77. The second-order valence-electron chi connectivity index (χ2n) is 7.05. The molecule has 1 atom stereocenters. The van der Waals surface area contributed by atoms with Crippen molar-refractivity contribution in [2.45, 2.75) is 46.1 Å². The fourth-order valence-corrected chi connectivity index (χ4v) is 3.67. The number of nitrogens with two attached hydrogens (primary N) is 1. The number of carbonyl (C=O) groups is 1. The van der Waals surface area contributed by atoms with E-state index in [2.05, 4.69) is 37.8 Å². The molecule has 28 heavy (non-hydrogen) atoms. The SMILES string of the molecule is CC[C@@H](C)N(Cc1ccc(Br)cn1)C(=O)c1cc2nc(N)c3c(c2[nH]1)COC3. The van der Waals surface area contributed by atoms with E-state index in [1.54, 1.807) is 12.3 Å². The Balaban J connectivity index is 1.69. The van der Waals surface area contributed by atoms with E-state index in [1.165, 1.54) is 0 Å². The number of nitrogen functional groups attached to an aromatic ring is 1. The van der Waals surface area contributed by atoms with Crippen LogP contribution in [-0.4, -0.2) is 31.8 Å². The number of amides is 1. The summed E-state index contributed by atoms with van der Waals surface area (Å²) in [5, 5.41) is 0. The monoisotopic (exact) mass is 443 g/mol. The molecule has 3 N–H and O–H groups in total. The maximum absolute atomic E-state index is 13.3. The average Bonchev–Trinajstić information content (AvgIpc) is 3.33. The van der Waals surface area contributed by atoms with Crippen LogP contribution in [0.25, 0.3) is 11.0 Å². The third-order valence-corrected chi connectivity index (χ3v) is 5.71. The van der Waals surface area contributed by atoms with Gasteiger partial charge in [0.2, 0.25) is 0 Å². The number of hydrogen-bond acceptors (Lipinski definition) is 5. The fraction of sp³-hybridized carbons (Fsp3) is 0.350. The quantitative estimate of drug-likeness (QED) is 0.625. The number of aromatic amines is 1. The zero-order chi connectivity index (χ0) is 19.8. The molecule has 4 heterocycles. The highest BCUT2D eigenvalue weighted by Gasteiger charge is 2.26. The van der Waals surface area contributed by atoms with Gasteiger partial charge in [0.1, 0.15) is 11.5 Å². The van der Waals surface area contributed by atoms with Gasteiger partial charge in [-0.2, -0.15) is 0 Å². The molecule has 7 nitrogen and oxygen atoms in total. The lowest BCUT2D eigenvalue weighted by atomic mass is 10.1. The topological polar surface area (TPSA) is 97.1 Å². The zero-order valence-electron chi connectivity index (χ0n) is 15.8. The van der Waals surface area contributed by atoms with Crippen molar-refractivity contribution >= 4 is 38.7 Å². The number of anilines is 1. The minimum atomic E-state index is -0.0803. The Morgan fingerprint density at radius 1 is 1.39 bits per heavy atom. The van der Waals surface area contributed by atoms with Gasteiger partial charge in [0.05, 0.1) is 36.5 Å². The van der Waals surface area contributed by atoms with E-state index in [4.69, 9.17) is 10.5 Å². The summed E-state index contributed by atoms with van der Waals surface area (Å²) in [5.41, 5.74) is 10.8. The van der Waals surface area contributed by atoms with Crippen LogP contribution in [0.2, 0.25) is 0 Å². The third kappa shape index (κ3) is 3.38. The van der Waals surface area contributed by atoms with E-state index in [-0.39, 0.29) is 11.9 Å². The lowest BCUT2D eigenvalue weighted by Crippen LogP contribution is -2.38. The van der Waals surface area contributed by atoms with Gasteiger partial charge in [-0.3, -0.25) is 9.78 Å². The molecule has 4 rings (SSSR count). The average molecular weight is 444 g/mol. The molecule has 1 amide bonds. The van der Waals surface area contributed by atoms with Crippen molar-refractivity contribution in [3.63, 3.8) is 0 Å². The van der Waals surface area contributed by atoms with E-state index >= 15 is 0 Å². The van der Waals surface area contributed by atoms with Gasteiger partial charge in [0.15, 0.2) is 0 Å². The summed E-state index contributed by atoms with van der Waals surface area (Å²) >= 11 is 3.39.